The van der Waals surface area contributed by atoms with Crippen LogP contribution in [-0.4, -0.2) is 26.6 Å². The summed E-state index contributed by atoms with van der Waals surface area (Å²) in [6.07, 6.45) is 5.72. The van der Waals surface area contributed by atoms with Gasteiger partial charge in [0.2, 0.25) is 0 Å². The summed E-state index contributed by atoms with van der Waals surface area (Å²) in [6, 6.07) is 4.46. The van der Waals surface area contributed by atoms with Gasteiger partial charge < -0.3 is 5.32 Å². The standard InChI is InChI=1S/C12H19N5/c1-13-11(12-7-9-15-17(12)3)5-4-10-6-8-14-16(10)2/h6-9,11,13H,4-5H2,1-3H3. The normalized spacial score (nSPS) is 12.9. The third-order valence-corrected chi connectivity index (χ3v) is 3.18. The van der Waals surface area contributed by atoms with Crippen molar-refractivity contribution in [3.8, 4) is 0 Å². The molecule has 2 rings (SSSR count). The predicted molar refractivity (Wildman–Crippen MR) is 66.5 cm³/mol. The van der Waals surface area contributed by atoms with Gasteiger partial charge in [0.05, 0.1) is 5.69 Å². The molecule has 2 aromatic heterocycles. The van der Waals surface area contributed by atoms with Crippen LogP contribution in [0.4, 0.5) is 0 Å². The molecule has 0 amide bonds. The van der Waals surface area contributed by atoms with Gasteiger partial charge in [0.15, 0.2) is 0 Å². The molecule has 0 bridgehead atoms. The van der Waals surface area contributed by atoms with E-state index in [1.54, 1.807) is 0 Å². The molecule has 1 N–H and O–H groups in total. The van der Waals surface area contributed by atoms with Crippen LogP contribution < -0.4 is 5.32 Å². The highest BCUT2D eigenvalue weighted by Crippen LogP contribution is 2.17. The summed E-state index contributed by atoms with van der Waals surface area (Å²) in [5.74, 6) is 0. The number of hydrogen-bond acceptors (Lipinski definition) is 3. The average molecular weight is 233 g/mol. The lowest BCUT2D eigenvalue weighted by molar-refractivity contribution is 0.498. The van der Waals surface area contributed by atoms with E-state index in [4.69, 9.17) is 0 Å². The predicted octanol–water partition coefficient (Wildman–Crippen LogP) is 1.05. The van der Waals surface area contributed by atoms with Crippen molar-refractivity contribution in [1.29, 1.82) is 0 Å². The van der Waals surface area contributed by atoms with Crippen LogP contribution in [0.2, 0.25) is 0 Å². The fourth-order valence-corrected chi connectivity index (χ4v) is 2.10. The molecule has 2 aromatic rings. The Morgan fingerprint density at radius 3 is 2.41 bits per heavy atom. The molecule has 0 aliphatic carbocycles. The molecular weight excluding hydrogens is 214 g/mol. The SMILES string of the molecule is CNC(CCc1ccnn1C)c1ccnn1C. The lowest BCUT2D eigenvalue weighted by Gasteiger charge is -2.16. The van der Waals surface area contributed by atoms with E-state index in [1.165, 1.54) is 11.4 Å². The van der Waals surface area contributed by atoms with Crippen LogP contribution in [0.25, 0.3) is 0 Å². The van der Waals surface area contributed by atoms with Crippen molar-refractivity contribution in [1.82, 2.24) is 24.9 Å². The number of nitrogens with zero attached hydrogens (tertiary/aromatic N) is 4. The summed E-state index contributed by atoms with van der Waals surface area (Å²) < 4.78 is 3.85. The van der Waals surface area contributed by atoms with Gasteiger partial charge in [-0.1, -0.05) is 0 Å². The Morgan fingerprint density at radius 1 is 1.18 bits per heavy atom. The molecule has 1 atom stereocenters. The van der Waals surface area contributed by atoms with Gasteiger partial charge in [-0.2, -0.15) is 10.2 Å². The molecule has 0 saturated carbocycles. The van der Waals surface area contributed by atoms with Crippen molar-refractivity contribution < 1.29 is 0 Å². The second-order valence-corrected chi connectivity index (χ2v) is 4.21. The summed E-state index contributed by atoms with van der Waals surface area (Å²) in [7, 11) is 5.94. The van der Waals surface area contributed by atoms with Crippen LogP contribution in [0.15, 0.2) is 24.5 Å². The fourth-order valence-electron chi connectivity index (χ4n) is 2.10. The monoisotopic (exact) mass is 233 g/mol. The number of rotatable bonds is 5. The molecule has 0 saturated heterocycles. The zero-order valence-electron chi connectivity index (χ0n) is 10.6. The highest BCUT2D eigenvalue weighted by atomic mass is 15.3. The van der Waals surface area contributed by atoms with Crippen LogP contribution in [0, 0.1) is 0 Å². The Kier molecular flexibility index (Phi) is 3.58. The minimum absolute atomic E-state index is 0.331. The second-order valence-electron chi connectivity index (χ2n) is 4.21. The molecule has 0 fully saturated rings. The van der Waals surface area contributed by atoms with Gasteiger partial charge in [-0.05, 0) is 32.0 Å². The van der Waals surface area contributed by atoms with Crippen molar-refractivity contribution in [2.24, 2.45) is 14.1 Å². The largest absolute Gasteiger partial charge is 0.312 e. The van der Waals surface area contributed by atoms with Crippen molar-refractivity contribution in [3.05, 3.63) is 35.9 Å². The Labute approximate surface area is 101 Å². The topological polar surface area (TPSA) is 47.7 Å². The summed E-state index contributed by atoms with van der Waals surface area (Å²) in [4.78, 5) is 0. The Bertz CT molecular complexity index is 471. The number of aryl methyl sites for hydroxylation is 3. The quantitative estimate of drug-likeness (QED) is 0.839. The molecule has 1 unspecified atom stereocenters. The molecule has 0 spiro atoms. The Morgan fingerprint density at radius 2 is 1.88 bits per heavy atom. The molecular formula is C12H19N5. The summed E-state index contributed by atoms with van der Waals surface area (Å²) in [6.45, 7) is 0. The van der Waals surface area contributed by atoms with E-state index < -0.39 is 0 Å². The maximum Gasteiger partial charge on any atom is 0.0550 e. The van der Waals surface area contributed by atoms with Crippen LogP contribution in [-0.2, 0) is 20.5 Å². The van der Waals surface area contributed by atoms with Crippen LogP contribution in [0.5, 0.6) is 0 Å². The van der Waals surface area contributed by atoms with Gasteiger partial charge in [0.25, 0.3) is 0 Å². The van der Waals surface area contributed by atoms with E-state index >= 15 is 0 Å². The molecule has 5 heteroatoms. The lowest BCUT2D eigenvalue weighted by atomic mass is 10.1. The molecule has 5 nitrogen and oxygen atoms in total. The Hall–Kier alpha value is -1.62. The van der Waals surface area contributed by atoms with Gasteiger partial charge in [-0.25, -0.2) is 0 Å². The molecule has 0 aliphatic rings. The Balaban J connectivity index is 2.02. The van der Waals surface area contributed by atoms with Crippen molar-refractivity contribution in [2.45, 2.75) is 18.9 Å². The van der Waals surface area contributed by atoms with Gasteiger partial charge in [0, 0.05) is 38.2 Å². The van der Waals surface area contributed by atoms with E-state index in [0.717, 1.165) is 12.8 Å². The molecule has 0 aromatic carbocycles. The van der Waals surface area contributed by atoms with Crippen molar-refractivity contribution >= 4 is 0 Å². The number of nitrogens with one attached hydrogen (secondary N) is 1. The van der Waals surface area contributed by atoms with Crippen molar-refractivity contribution in [3.63, 3.8) is 0 Å². The van der Waals surface area contributed by atoms with E-state index in [1.807, 2.05) is 42.9 Å². The van der Waals surface area contributed by atoms with Crippen LogP contribution >= 0.6 is 0 Å². The maximum absolute atomic E-state index is 4.21. The van der Waals surface area contributed by atoms with Gasteiger partial charge in [-0.3, -0.25) is 9.36 Å². The van der Waals surface area contributed by atoms with E-state index in [9.17, 15) is 0 Å². The lowest BCUT2D eigenvalue weighted by Crippen LogP contribution is -2.20. The zero-order valence-corrected chi connectivity index (χ0v) is 10.6. The summed E-state index contributed by atoms with van der Waals surface area (Å²) in [5, 5.41) is 11.7. The minimum Gasteiger partial charge on any atom is -0.312 e. The zero-order chi connectivity index (χ0) is 12.3. The number of aromatic nitrogens is 4. The highest BCUT2D eigenvalue weighted by Gasteiger charge is 2.13. The smallest absolute Gasteiger partial charge is 0.0550 e. The highest BCUT2D eigenvalue weighted by molar-refractivity contribution is 5.08. The second kappa shape index (κ2) is 5.14. The summed E-state index contributed by atoms with van der Waals surface area (Å²) in [5.41, 5.74) is 2.47. The molecule has 0 radical (unpaired) electrons. The van der Waals surface area contributed by atoms with E-state index in [2.05, 4.69) is 27.6 Å². The summed E-state index contributed by atoms with van der Waals surface area (Å²) >= 11 is 0. The van der Waals surface area contributed by atoms with E-state index in [-0.39, 0.29) is 0 Å². The van der Waals surface area contributed by atoms with Gasteiger partial charge in [-0.15, -0.1) is 0 Å². The third-order valence-electron chi connectivity index (χ3n) is 3.18. The first-order chi connectivity index (χ1) is 8.22. The van der Waals surface area contributed by atoms with Gasteiger partial charge >= 0.3 is 0 Å². The third kappa shape index (κ3) is 2.55. The number of hydrogen-bond donors (Lipinski definition) is 1. The fraction of sp³-hybridized carbons (Fsp3) is 0.500. The first-order valence-electron chi connectivity index (χ1n) is 5.84. The van der Waals surface area contributed by atoms with Crippen LogP contribution in [0.1, 0.15) is 23.9 Å². The van der Waals surface area contributed by atoms with E-state index in [0.29, 0.717) is 6.04 Å². The first-order valence-corrected chi connectivity index (χ1v) is 5.84. The van der Waals surface area contributed by atoms with Crippen molar-refractivity contribution in [2.75, 3.05) is 7.05 Å². The first kappa shape index (κ1) is 11.9. The molecule has 17 heavy (non-hydrogen) atoms. The minimum atomic E-state index is 0.331. The molecule has 0 aliphatic heterocycles. The maximum atomic E-state index is 4.21. The van der Waals surface area contributed by atoms with Gasteiger partial charge in [0.1, 0.15) is 0 Å². The molecule has 92 valence electrons. The molecule has 2 heterocycles. The average Bonchev–Trinajstić information content (AvgIpc) is 2.90. The van der Waals surface area contributed by atoms with Crippen LogP contribution in [0.3, 0.4) is 0 Å².